The van der Waals surface area contributed by atoms with E-state index in [0.29, 0.717) is 5.69 Å². The summed E-state index contributed by atoms with van der Waals surface area (Å²) in [7, 11) is 0. The molecule has 0 aromatic carbocycles. The van der Waals surface area contributed by atoms with Gasteiger partial charge in [0.15, 0.2) is 0 Å². The summed E-state index contributed by atoms with van der Waals surface area (Å²) in [6.45, 7) is 0.558. The van der Waals surface area contributed by atoms with Crippen LogP contribution >= 0.6 is 0 Å². The smallest absolute Gasteiger partial charge is 0.140 e. The molecule has 0 spiro atoms. The zero-order valence-corrected chi connectivity index (χ0v) is 8.36. The second kappa shape index (κ2) is 4.26. The monoisotopic (exact) mass is 205 g/mol. The van der Waals surface area contributed by atoms with E-state index in [-0.39, 0.29) is 12.7 Å². The molecule has 3 nitrogen and oxygen atoms in total. The lowest BCUT2D eigenvalue weighted by Gasteiger charge is -2.24. The molecule has 78 valence electrons. The van der Waals surface area contributed by atoms with E-state index < -0.39 is 0 Å². The quantitative estimate of drug-likeness (QED) is 0.740. The molecule has 0 aliphatic carbocycles. The first kappa shape index (κ1) is 9.91. The third-order valence-corrected chi connectivity index (χ3v) is 2.75. The van der Waals surface area contributed by atoms with Crippen LogP contribution < -0.4 is 4.90 Å². The Bertz CT molecular complexity index is 368. The number of nitriles is 1. The number of anilines is 1. The Morgan fingerprint density at radius 3 is 3.07 bits per heavy atom. The predicted octanol–water partition coefficient (Wildman–Crippen LogP) is 1.89. The van der Waals surface area contributed by atoms with Gasteiger partial charge in [-0.3, -0.25) is 0 Å². The first-order valence-electron chi connectivity index (χ1n) is 5.04. The lowest BCUT2D eigenvalue weighted by Crippen LogP contribution is -2.30. The van der Waals surface area contributed by atoms with Crippen molar-refractivity contribution in [2.24, 2.45) is 0 Å². The lowest BCUT2D eigenvalue weighted by molar-refractivity contribution is 0.428. The van der Waals surface area contributed by atoms with Crippen LogP contribution in [0.25, 0.3) is 0 Å². The predicted molar refractivity (Wildman–Crippen MR) is 55.3 cm³/mol. The molecule has 1 aliphatic rings. The minimum atomic E-state index is -0.319. The van der Waals surface area contributed by atoms with Crippen molar-refractivity contribution in [2.45, 2.75) is 18.9 Å². The summed E-state index contributed by atoms with van der Waals surface area (Å²) in [6.07, 6.45) is 3.57. The van der Waals surface area contributed by atoms with Gasteiger partial charge in [0.05, 0.1) is 17.9 Å². The number of halogens is 1. The zero-order valence-electron chi connectivity index (χ0n) is 8.36. The molecule has 0 amide bonds. The summed E-state index contributed by atoms with van der Waals surface area (Å²) in [4.78, 5) is 6.01. The molecule has 0 N–H and O–H groups in total. The van der Waals surface area contributed by atoms with Gasteiger partial charge in [0.25, 0.3) is 0 Å². The molecule has 15 heavy (non-hydrogen) atoms. The minimum Gasteiger partial charge on any atom is -0.365 e. The van der Waals surface area contributed by atoms with Gasteiger partial charge in [0.1, 0.15) is 18.4 Å². The van der Waals surface area contributed by atoms with Crippen LogP contribution in [0.3, 0.4) is 0 Å². The van der Waals surface area contributed by atoms with Crippen molar-refractivity contribution in [2.75, 3.05) is 18.1 Å². The number of hydrogen-bond acceptors (Lipinski definition) is 3. The van der Waals surface area contributed by atoms with E-state index in [4.69, 9.17) is 5.26 Å². The average molecular weight is 205 g/mol. The number of alkyl halides is 1. The topological polar surface area (TPSA) is 39.9 Å². The van der Waals surface area contributed by atoms with E-state index in [1.807, 2.05) is 17.0 Å². The van der Waals surface area contributed by atoms with Gasteiger partial charge in [-0.25, -0.2) is 9.37 Å². The van der Waals surface area contributed by atoms with E-state index in [1.165, 1.54) is 0 Å². The highest BCUT2D eigenvalue weighted by atomic mass is 19.1. The second-order valence-corrected chi connectivity index (χ2v) is 3.66. The minimum absolute atomic E-state index is 0.0141. The number of rotatable bonds is 2. The van der Waals surface area contributed by atoms with Crippen molar-refractivity contribution in [3.8, 4) is 6.07 Å². The van der Waals surface area contributed by atoms with E-state index in [9.17, 15) is 4.39 Å². The highest BCUT2D eigenvalue weighted by molar-refractivity contribution is 5.47. The maximum Gasteiger partial charge on any atom is 0.140 e. The van der Waals surface area contributed by atoms with E-state index in [2.05, 4.69) is 4.98 Å². The van der Waals surface area contributed by atoms with Crippen molar-refractivity contribution in [1.29, 1.82) is 5.26 Å². The van der Waals surface area contributed by atoms with Crippen LogP contribution in [0.15, 0.2) is 18.3 Å². The van der Waals surface area contributed by atoms with Crippen molar-refractivity contribution in [1.82, 2.24) is 4.98 Å². The number of pyridine rings is 1. The van der Waals surface area contributed by atoms with E-state index >= 15 is 0 Å². The third kappa shape index (κ3) is 1.91. The first-order chi connectivity index (χ1) is 7.35. The summed E-state index contributed by atoms with van der Waals surface area (Å²) < 4.78 is 12.7. The molecule has 0 saturated carbocycles. The normalized spacial score (nSPS) is 20.3. The van der Waals surface area contributed by atoms with E-state index in [0.717, 1.165) is 25.1 Å². The fourth-order valence-electron chi connectivity index (χ4n) is 1.96. The van der Waals surface area contributed by atoms with Gasteiger partial charge in [0, 0.05) is 6.54 Å². The van der Waals surface area contributed by atoms with Crippen molar-refractivity contribution in [3.63, 3.8) is 0 Å². The molecule has 4 heteroatoms. The number of aromatic nitrogens is 1. The fourth-order valence-corrected chi connectivity index (χ4v) is 1.96. The zero-order chi connectivity index (χ0) is 10.7. The molecular formula is C11H12FN3. The maximum absolute atomic E-state index is 12.7. The van der Waals surface area contributed by atoms with Crippen molar-refractivity contribution in [3.05, 3.63) is 24.0 Å². The molecule has 1 atom stereocenters. The van der Waals surface area contributed by atoms with Crippen LogP contribution in [-0.4, -0.2) is 24.2 Å². The van der Waals surface area contributed by atoms with Gasteiger partial charge < -0.3 is 4.90 Å². The molecule has 1 fully saturated rings. The van der Waals surface area contributed by atoms with Gasteiger partial charge >= 0.3 is 0 Å². The summed E-state index contributed by atoms with van der Waals surface area (Å²) in [5.41, 5.74) is 1.31. The number of nitrogens with zero attached hydrogens (tertiary/aromatic N) is 3. The Kier molecular flexibility index (Phi) is 2.82. The Labute approximate surface area is 88.2 Å². The molecule has 1 saturated heterocycles. The molecule has 1 aliphatic heterocycles. The summed E-state index contributed by atoms with van der Waals surface area (Å²) in [5.74, 6) is 0. The Balaban J connectivity index is 2.19. The maximum atomic E-state index is 12.7. The molecule has 0 radical (unpaired) electrons. The SMILES string of the molecule is N#Cc1ccc(N2CCC[C@H]2CF)cn1. The van der Waals surface area contributed by atoms with Gasteiger partial charge in [-0.1, -0.05) is 0 Å². The lowest BCUT2D eigenvalue weighted by atomic mass is 10.2. The van der Waals surface area contributed by atoms with Gasteiger partial charge in [-0.05, 0) is 25.0 Å². The van der Waals surface area contributed by atoms with Crippen LogP contribution in [0.4, 0.5) is 10.1 Å². The third-order valence-electron chi connectivity index (χ3n) is 2.75. The van der Waals surface area contributed by atoms with Crippen LogP contribution in [0, 0.1) is 11.3 Å². The highest BCUT2D eigenvalue weighted by Crippen LogP contribution is 2.24. The highest BCUT2D eigenvalue weighted by Gasteiger charge is 2.24. The molecular weight excluding hydrogens is 193 g/mol. The van der Waals surface area contributed by atoms with Crippen molar-refractivity contribution >= 4 is 5.69 Å². The first-order valence-corrected chi connectivity index (χ1v) is 5.04. The number of hydrogen-bond donors (Lipinski definition) is 0. The van der Waals surface area contributed by atoms with Crippen molar-refractivity contribution < 1.29 is 4.39 Å². The molecule has 0 bridgehead atoms. The second-order valence-electron chi connectivity index (χ2n) is 3.66. The summed E-state index contributed by atoms with van der Waals surface area (Å²) >= 11 is 0. The largest absolute Gasteiger partial charge is 0.365 e. The summed E-state index contributed by atoms with van der Waals surface area (Å²) in [6, 6.07) is 5.45. The Morgan fingerprint density at radius 2 is 2.47 bits per heavy atom. The van der Waals surface area contributed by atoms with Crippen LogP contribution in [0.5, 0.6) is 0 Å². The molecule has 0 unspecified atom stereocenters. The Morgan fingerprint density at radius 1 is 1.60 bits per heavy atom. The molecule has 1 aromatic rings. The van der Waals surface area contributed by atoms with E-state index in [1.54, 1.807) is 12.3 Å². The van der Waals surface area contributed by atoms with Gasteiger partial charge in [-0.15, -0.1) is 0 Å². The van der Waals surface area contributed by atoms with Crippen LogP contribution in [-0.2, 0) is 0 Å². The molecule has 1 aromatic heterocycles. The molecule has 2 heterocycles. The average Bonchev–Trinajstić information content (AvgIpc) is 2.77. The van der Waals surface area contributed by atoms with Crippen LogP contribution in [0.1, 0.15) is 18.5 Å². The molecule has 2 rings (SSSR count). The van der Waals surface area contributed by atoms with Crippen LogP contribution in [0.2, 0.25) is 0 Å². The fraction of sp³-hybridized carbons (Fsp3) is 0.455. The summed E-state index contributed by atoms with van der Waals surface area (Å²) in [5, 5.41) is 8.61. The van der Waals surface area contributed by atoms with Gasteiger partial charge in [0.2, 0.25) is 0 Å². The van der Waals surface area contributed by atoms with Gasteiger partial charge in [-0.2, -0.15) is 5.26 Å². The Hall–Kier alpha value is -1.63. The standard InChI is InChI=1S/C11H12FN3/c12-6-10-2-1-5-15(10)11-4-3-9(7-13)14-8-11/h3-4,8,10H,1-2,5-6H2/t10-/m0/s1.